The second kappa shape index (κ2) is 22.6. The molecule has 3 rings (SSSR count). The Morgan fingerprint density at radius 3 is 1.14 bits per heavy atom. The van der Waals surface area contributed by atoms with Crippen LogP contribution in [0.5, 0.6) is 23.0 Å². The average Bonchev–Trinajstić information content (AvgIpc) is 3.13. The number of carbonyl (C=O) groups is 4. The summed E-state index contributed by atoms with van der Waals surface area (Å²) >= 11 is 0. The Morgan fingerprint density at radius 2 is 0.780 bits per heavy atom. The Kier molecular flexibility index (Phi) is 17.4. The molecule has 3 aromatic carbocycles. The molecule has 0 aliphatic rings. The first kappa shape index (κ1) is 38.5. The minimum atomic E-state index is -0.581. The lowest BCUT2D eigenvalue weighted by Crippen LogP contribution is -2.12. The molecule has 0 aliphatic carbocycles. The summed E-state index contributed by atoms with van der Waals surface area (Å²) in [6.45, 7) is 8.71. The van der Waals surface area contributed by atoms with Gasteiger partial charge in [0.1, 0.15) is 49.4 Å². The lowest BCUT2D eigenvalue weighted by atomic mass is 10.2. The molecule has 0 saturated carbocycles. The Morgan fingerprint density at radius 1 is 0.440 bits per heavy atom. The van der Waals surface area contributed by atoms with E-state index in [9.17, 15) is 19.2 Å². The predicted octanol–water partition coefficient (Wildman–Crippen LogP) is 5.17. The number of hydrogen-bond acceptors (Lipinski definition) is 12. The summed E-state index contributed by atoms with van der Waals surface area (Å²) in [5.74, 6) is -0.335. The topological polar surface area (TPSA) is 142 Å². The number of benzene rings is 3. The smallest absolute Gasteiger partial charge is 0.336 e. The van der Waals surface area contributed by atoms with Crippen molar-refractivity contribution in [3.63, 3.8) is 0 Å². The van der Waals surface area contributed by atoms with Gasteiger partial charge >= 0.3 is 23.9 Å². The number of carbonyl (C=O) groups excluding carboxylic acids is 4. The van der Waals surface area contributed by atoms with Crippen molar-refractivity contribution in [3.05, 3.63) is 121 Å². The van der Waals surface area contributed by atoms with Crippen LogP contribution in [0.1, 0.15) is 11.1 Å². The van der Waals surface area contributed by atoms with Gasteiger partial charge in [-0.2, -0.15) is 0 Å². The third kappa shape index (κ3) is 16.2. The van der Waals surface area contributed by atoms with E-state index in [1.165, 1.54) is 36.4 Å². The number of hydrogen-bond donors (Lipinski definition) is 0. The SMILES string of the molecule is C=CC(=O)OCCOCCOc1ccc(/C=C/C(=O)Oc2ccc(OC(=O)/C=C/c3ccc(OCCOCCOC(=O)C=C)cc3)cc2)cc1. The van der Waals surface area contributed by atoms with Crippen LogP contribution in [-0.2, 0) is 38.1 Å². The highest BCUT2D eigenvalue weighted by molar-refractivity contribution is 5.89. The molecule has 0 atom stereocenters. The van der Waals surface area contributed by atoms with Crippen molar-refractivity contribution in [2.75, 3.05) is 52.9 Å². The highest BCUT2D eigenvalue weighted by Gasteiger charge is 2.05. The Bertz CT molecular complexity index is 1470. The van der Waals surface area contributed by atoms with Crippen molar-refractivity contribution in [3.8, 4) is 23.0 Å². The molecule has 0 radical (unpaired) electrons. The van der Waals surface area contributed by atoms with Crippen LogP contribution in [0.3, 0.4) is 0 Å². The summed E-state index contributed by atoms with van der Waals surface area (Å²) in [4.78, 5) is 46.5. The van der Waals surface area contributed by atoms with Gasteiger partial charge in [-0.05, 0) is 71.8 Å². The van der Waals surface area contributed by atoms with E-state index in [1.807, 2.05) is 0 Å². The van der Waals surface area contributed by atoms with Gasteiger partial charge in [0.2, 0.25) is 0 Å². The van der Waals surface area contributed by atoms with E-state index in [4.69, 9.17) is 37.9 Å². The van der Waals surface area contributed by atoms with Gasteiger partial charge in [-0.25, -0.2) is 19.2 Å². The van der Waals surface area contributed by atoms with Gasteiger partial charge in [-0.1, -0.05) is 37.4 Å². The molecule has 0 amide bonds. The molecular formula is C38H38O12. The molecule has 0 N–H and O–H groups in total. The van der Waals surface area contributed by atoms with Crippen LogP contribution < -0.4 is 18.9 Å². The lowest BCUT2D eigenvalue weighted by molar-refractivity contribution is -0.140. The Labute approximate surface area is 290 Å². The average molecular weight is 687 g/mol. The second-order valence-corrected chi connectivity index (χ2v) is 9.78. The van der Waals surface area contributed by atoms with Gasteiger partial charge in [-0.3, -0.25) is 0 Å². The van der Waals surface area contributed by atoms with Gasteiger partial charge in [0.05, 0.1) is 26.4 Å². The van der Waals surface area contributed by atoms with E-state index in [0.29, 0.717) is 37.9 Å². The summed E-state index contributed by atoms with van der Waals surface area (Å²) in [7, 11) is 0. The van der Waals surface area contributed by atoms with E-state index in [1.54, 1.807) is 60.7 Å². The third-order valence-electron chi connectivity index (χ3n) is 6.11. The second-order valence-electron chi connectivity index (χ2n) is 9.78. The summed E-state index contributed by atoms with van der Waals surface area (Å²) < 4.78 is 42.1. The van der Waals surface area contributed by atoms with Crippen LogP contribution in [0.2, 0.25) is 0 Å². The molecule has 12 nitrogen and oxygen atoms in total. The highest BCUT2D eigenvalue weighted by Crippen LogP contribution is 2.19. The van der Waals surface area contributed by atoms with Crippen LogP contribution in [0, 0.1) is 0 Å². The molecule has 0 fully saturated rings. The Hall–Kier alpha value is -5.98. The van der Waals surface area contributed by atoms with Crippen LogP contribution >= 0.6 is 0 Å². The molecule has 0 saturated heterocycles. The molecule has 0 aliphatic heterocycles. The normalized spacial score (nSPS) is 10.7. The predicted molar refractivity (Wildman–Crippen MR) is 184 cm³/mol. The van der Waals surface area contributed by atoms with Gasteiger partial charge in [0.25, 0.3) is 0 Å². The minimum absolute atomic E-state index is 0.143. The maximum atomic E-state index is 12.3. The molecule has 0 spiro atoms. The lowest BCUT2D eigenvalue weighted by Gasteiger charge is -2.07. The van der Waals surface area contributed by atoms with Crippen molar-refractivity contribution >= 4 is 36.0 Å². The summed E-state index contributed by atoms with van der Waals surface area (Å²) in [5, 5.41) is 0. The fraction of sp³-hybridized carbons (Fsp3) is 0.211. The van der Waals surface area contributed by atoms with Gasteiger partial charge in [0.15, 0.2) is 0 Å². The molecule has 3 aromatic rings. The van der Waals surface area contributed by atoms with E-state index in [-0.39, 0.29) is 37.9 Å². The zero-order valence-electron chi connectivity index (χ0n) is 27.4. The zero-order valence-corrected chi connectivity index (χ0v) is 27.4. The molecule has 0 unspecified atom stereocenters. The number of rotatable bonds is 22. The number of esters is 4. The molecular weight excluding hydrogens is 648 g/mol. The molecule has 262 valence electrons. The summed E-state index contributed by atoms with van der Waals surface area (Å²) in [6.07, 6.45) is 7.98. The highest BCUT2D eigenvalue weighted by atomic mass is 16.6. The first-order valence-electron chi connectivity index (χ1n) is 15.4. The molecule has 0 aromatic heterocycles. The van der Waals surface area contributed by atoms with Crippen molar-refractivity contribution in [1.29, 1.82) is 0 Å². The fourth-order valence-corrected chi connectivity index (χ4v) is 3.72. The minimum Gasteiger partial charge on any atom is -0.491 e. The first-order chi connectivity index (χ1) is 24.3. The standard InChI is InChI=1S/C38H38O12/c1-3-35(39)47-27-23-43-21-25-45-31-11-5-29(6-12-31)9-19-37(41)49-33-15-17-34(18-16-33)50-38(42)20-10-30-7-13-32(14-8-30)46-26-22-44-24-28-48-36(40)4-2/h3-20H,1-2,21-28H2/b19-9+,20-10+. The van der Waals surface area contributed by atoms with Gasteiger partial charge < -0.3 is 37.9 Å². The van der Waals surface area contributed by atoms with Gasteiger partial charge in [-0.15, -0.1) is 0 Å². The molecule has 12 heteroatoms. The van der Waals surface area contributed by atoms with E-state index < -0.39 is 23.9 Å². The zero-order chi connectivity index (χ0) is 35.8. The van der Waals surface area contributed by atoms with Crippen molar-refractivity contribution in [2.45, 2.75) is 0 Å². The van der Waals surface area contributed by atoms with Crippen LogP contribution in [-0.4, -0.2) is 76.7 Å². The van der Waals surface area contributed by atoms with E-state index in [0.717, 1.165) is 23.3 Å². The first-order valence-corrected chi connectivity index (χ1v) is 15.4. The Balaban J connectivity index is 1.31. The maximum Gasteiger partial charge on any atom is 0.336 e. The molecule has 0 bridgehead atoms. The fourth-order valence-electron chi connectivity index (χ4n) is 3.72. The third-order valence-corrected chi connectivity index (χ3v) is 6.11. The largest absolute Gasteiger partial charge is 0.491 e. The summed E-state index contributed by atoms with van der Waals surface area (Å²) in [5.41, 5.74) is 1.52. The van der Waals surface area contributed by atoms with Crippen LogP contribution in [0.15, 0.2) is 110 Å². The quantitative estimate of drug-likeness (QED) is 0.0596. The van der Waals surface area contributed by atoms with E-state index in [2.05, 4.69) is 13.2 Å². The van der Waals surface area contributed by atoms with Crippen molar-refractivity contribution in [2.24, 2.45) is 0 Å². The van der Waals surface area contributed by atoms with Crippen molar-refractivity contribution in [1.82, 2.24) is 0 Å². The van der Waals surface area contributed by atoms with E-state index >= 15 is 0 Å². The maximum absolute atomic E-state index is 12.3. The van der Waals surface area contributed by atoms with Crippen molar-refractivity contribution < 1.29 is 57.1 Å². The van der Waals surface area contributed by atoms with Crippen LogP contribution in [0.4, 0.5) is 0 Å². The van der Waals surface area contributed by atoms with Crippen LogP contribution in [0.25, 0.3) is 12.2 Å². The molecule has 0 heterocycles. The molecule has 50 heavy (non-hydrogen) atoms. The monoisotopic (exact) mass is 686 g/mol. The summed E-state index contributed by atoms with van der Waals surface area (Å²) in [6, 6.07) is 20.2. The number of ether oxygens (including phenoxy) is 8. The van der Waals surface area contributed by atoms with Gasteiger partial charge in [0, 0.05) is 24.3 Å².